The monoisotopic (exact) mass is 314 g/mol. The van der Waals surface area contributed by atoms with Crippen molar-refractivity contribution in [2.24, 2.45) is 5.92 Å². The first-order valence-electron chi connectivity index (χ1n) is 7.27. The summed E-state index contributed by atoms with van der Waals surface area (Å²) in [5.41, 5.74) is 2.33. The normalized spacial score (nSPS) is 25.8. The van der Waals surface area contributed by atoms with Crippen LogP contribution in [-0.2, 0) is 12.8 Å². The van der Waals surface area contributed by atoms with E-state index in [0.717, 1.165) is 44.0 Å². The van der Waals surface area contributed by atoms with E-state index in [1.165, 1.54) is 16.9 Å². The van der Waals surface area contributed by atoms with E-state index in [9.17, 15) is 4.79 Å². The number of hydrogen-bond acceptors (Lipinski definition) is 3. The number of nitrogens with one attached hydrogen (secondary N) is 1. The number of amides is 1. The number of hydrogen-bond donors (Lipinski definition) is 1. The highest BCUT2D eigenvalue weighted by Crippen LogP contribution is 2.33. The average molecular weight is 315 g/mol. The highest BCUT2D eigenvalue weighted by atomic mass is 35.5. The Morgan fingerprint density at radius 2 is 2.25 bits per heavy atom. The second kappa shape index (κ2) is 6.46. The number of thiophene rings is 1. The lowest BCUT2D eigenvalue weighted by Gasteiger charge is -2.34. The molecule has 2 atom stereocenters. The van der Waals surface area contributed by atoms with E-state index in [1.807, 2.05) is 4.90 Å². The summed E-state index contributed by atoms with van der Waals surface area (Å²) in [7, 11) is 0. The predicted molar refractivity (Wildman–Crippen MR) is 86.1 cm³/mol. The van der Waals surface area contributed by atoms with E-state index in [4.69, 9.17) is 0 Å². The van der Waals surface area contributed by atoms with E-state index in [0.29, 0.717) is 6.04 Å². The van der Waals surface area contributed by atoms with Gasteiger partial charge in [0.2, 0.25) is 0 Å². The van der Waals surface area contributed by atoms with Gasteiger partial charge in [0.25, 0.3) is 5.91 Å². The van der Waals surface area contributed by atoms with E-state index in [-0.39, 0.29) is 18.3 Å². The van der Waals surface area contributed by atoms with Crippen LogP contribution in [0.5, 0.6) is 0 Å². The molecule has 1 aromatic heterocycles. The molecule has 3 nitrogen and oxygen atoms in total. The summed E-state index contributed by atoms with van der Waals surface area (Å²) in [6, 6.07) is 0.305. The van der Waals surface area contributed by atoms with Crippen LogP contribution in [-0.4, -0.2) is 36.5 Å². The van der Waals surface area contributed by atoms with Gasteiger partial charge in [-0.05, 0) is 37.7 Å². The minimum Gasteiger partial charge on any atom is -0.333 e. The molecule has 1 aliphatic carbocycles. The quantitative estimate of drug-likeness (QED) is 0.864. The molecule has 1 unspecified atom stereocenters. The molecule has 1 N–H and O–H groups in total. The van der Waals surface area contributed by atoms with Crippen LogP contribution in [0.4, 0.5) is 0 Å². The number of halogens is 1. The van der Waals surface area contributed by atoms with Crippen LogP contribution in [0, 0.1) is 5.92 Å². The molecular weight excluding hydrogens is 292 g/mol. The van der Waals surface area contributed by atoms with Crippen LogP contribution >= 0.6 is 23.7 Å². The first-order valence-corrected chi connectivity index (χ1v) is 8.15. The van der Waals surface area contributed by atoms with Gasteiger partial charge in [0.05, 0.1) is 5.56 Å². The Morgan fingerprint density at radius 1 is 1.45 bits per heavy atom. The fourth-order valence-corrected chi connectivity index (χ4v) is 4.39. The van der Waals surface area contributed by atoms with Crippen molar-refractivity contribution in [2.45, 2.75) is 39.2 Å². The maximum Gasteiger partial charge on any atom is 0.255 e. The summed E-state index contributed by atoms with van der Waals surface area (Å²) in [6.07, 6.45) is 3.47. The number of nitrogens with zero attached hydrogens (tertiary/aromatic N) is 1. The Kier molecular flexibility index (Phi) is 5.10. The average Bonchev–Trinajstić information content (AvgIpc) is 2.81. The lowest BCUT2D eigenvalue weighted by Crippen LogP contribution is -2.52. The number of piperazine rings is 1. The molecule has 0 radical (unpaired) electrons. The highest BCUT2D eigenvalue weighted by Gasteiger charge is 2.29. The smallest absolute Gasteiger partial charge is 0.255 e. The van der Waals surface area contributed by atoms with E-state index in [2.05, 4.69) is 24.5 Å². The fourth-order valence-electron chi connectivity index (χ4n) is 3.15. The molecule has 1 saturated heterocycles. The third-order valence-electron chi connectivity index (χ3n) is 4.39. The Balaban J connectivity index is 0.00000147. The summed E-state index contributed by atoms with van der Waals surface area (Å²) < 4.78 is 0. The number of rotatable bonds is 1. The zero-order valence-corrected chi connectivity index (χ0v) is 13.8. The molecule has 20 heavy (non-hydrogen) atoms. The first kappa shape index (κ1) is 15.8. The third kappa shape index (κ3) is 2.87. The van der Waals surface area contributed by atoms with Crippen molar-refractivity contribution >= 4 is 29.7 Å². The van der Waals surface area contributed by atoms with Gasteiger partial charge in [0.1, 0.15) is 0 Å². The number of fused-ring (bicyclic) bond motifs is 1. The molecule has 2 heterocycles. The lowest BCUT2D eigenvalue weighted by atomic mass is 9.88. The van der Waals surface area contributed by atoms with Gasteiger partial charge >= 0.3 is 0 Å². The third-order valence-corrected chi connectivity index (χ3v) is 5.45. The second-order valence-electron chi connectivity index (χ2n) is 5.95. The summed E-state index contributed by atoms with van der Waals surface area (Å²) in [5.74, 6) is 1.02. The number of carbonyl (C=O) groups is 1. The molecule has 0 saturated carbocycles. The van der Waals surface area contributed by atoms with Gasteiger partial charge in [-0.25, -0.2) is 0 Å². The molecule has 0 aromatic carbocycles. The van der Waals surface area contributed by atoms with Crippen molar-refractivity contribution in [1.29, 1.82) is 0 Å². The topological polar surface area (TPSA) is 32.3 Å². The van der Waals surface area contributed by atoms with Crippen molar-refractivity contribution in [1.82, 2.24) is 10.2 Å². The molecule has 1 amide bonds. The van der Waals surface area contributed by atoms with Crippen LogP contribution in [0.25, 0.3) is 0 Å². The molecule has 1 aliphatic heterocycles. The Hall–Kier alpha value is -0.580. The van der Waals surface area contributed by atoms with Crippen molar-refractivity contribution in [3.05, 3.63) is 21.4 Å². The van der Waals surface area contributed by atoms with Crippen molar-refractivity contribution in [3.63, 3.8) is 0 Å². The Morgan fingerprint density at radius 3 is 3.00 bits per heavy atom. The Labute approximate surface area is 131 Å². The molecule has 2 aliphatic rings. The molecule has 1 fully saturated rings. The molecule has 3 rings (SSSR count). The highest BCUT2D eigenvalue weighted by molar-refractivity contribution is 7.10. The van der Waals surface area contributed by atoms with Gasteiger partial charge in [-0.15, -0.1) is 23.7 Å². The largest absolute Gasteiger partial charge is 0.333 e. The summed E-state index contributed by atoms with van der Waals surface area (Å²) in [5, 5.41) is 5.44. The zero-order chi connectivity index (χ0) is 13.4. The van der Waals surface area contributed by atoms with E-state index >= 15 is 0 Å². The van der Waals surface area contributed by atoms with Crippen LogP contribution < -0.4 is 5.32 Å². The molecule has 1 aromatic rings. The van der Waals surface area contributed by atoms with Crippen LogP contribution in [0.3, 0.4) is 0 Å². The van der Waals surface area contributed by atoms with Gasteiger partial charge in [0, 0.05) is 35.9 Å². The predicted octanol–water partition coefficient (Wildman–Crippen LogP) is 2.73. The maximum atomic E-state index is 12.7. The molecule has 112 valence electrons. The first-order chi connectivity index (χ1) is 9.16. The summed E-state index contributed by atoms with van der Waals surface area (Å²) in [4.78, 5) is 16.2. The van der Waals surface area contributed by atoms with Crippen molar-refractivity contribution in [3.8, 4) is 0 Å². The lowest BCUT2D eigenvalue weighted by molar-refractivity contribution is 0.0655. The van der Waals surface area contributed by atoms with Gasteiger partial charge < -0.3 is 10.2 Å². The summed E-state index contributed by atoms with van der Waals surface area (Å²) >= 11 is 1.79. The fraction of sp³-hybridized carbons (Fsp3) is 0.667. The maximum absolute atomic E-state index is 12.7. The summed E-state index contributed by atoms with van der Waals surface area (Å²) in [6.45, 7) is 7.10. The van der Waals surface area contributed by atoms with Crippen molar-refractivity contribution in [2.75, 3.05) is 19.6 Å². The van der Waals surface area contributed by atoms with E-state index in [1.54, 1.807) is 11.3 Å². The molecular formula is C15H23ClN2OS. The minimum atomic E-state index is 0. The standard InChI is InChI=1S/C15H22N2OS.ClH/c1-10-3-4-12-13(9-19-14(12)7-10)15(18)17-6-5-16-8-11(17)2;/h9-11,16H,3-8H2,1-2H3;1H/t10?,11-;/m1./s1. The zero-order valence-electron chi connectivity index (χ0n) is 12.1. The van der Waals surface area contributed by atoms with Crippen LogP contribution in [0.2, 0.25) is 0 Å². The Bertz CT molecular complexity index is 488. The van der Waals surface area contributed by atoms with Gasteiger partial charge in [-0.2, -0.15) is 0 Å². The van der Waals surface area contributed by atoms with Gasteiger partial charge in [-0.3, -0.25) is 4.79 Å². The minimum absolute atomic E-state index is 0. The van der Waals surface area contributed by atoms with E-state index < -0.39 is 0 Å². The van der Waals surface area contributed by atoms with Gasteiger partial charge in [0.15, 0.2) is 0 Å². The van der Waals surface area contributed by atoms with Gasteiger partial charge in [-0.1, -0.05) is 6.92 Å². The molecule has 5 heteroatoms. The SMILES string of the molecule is CC1CCc2c(C(=O)N3CCNC[C@H]3C)csc2C1.Cl. The number of carbonyl (C=O) groups excluding carboxylic acids is 1. The molecule has 0 spiro atoms. The van der Waals surface area contributed by atoms with Crippen LogP contribution in [0.1, 0.15) is 41.1 Å². The second-order valence-corrected chi connectivity index (χ2v) is 6.91. The molecule has 0 bridgehead atoms. The van der Waals surface area contributed by atoms with Crippen molar-refractivity contribution < 1.29 is 4.79 Å². The van der Waals surface area contributed by atoms with Crippen LogP contribution in [0.15, 0.2) is 5.38 Å².